The highest BCUT2D eigenvalue weighted by Gasteiger charge is 2.44. The lowest BCUT2D eigenvalue weighted by molar-refractivity contribution is -0.143. The fourth-order valence-electron chi connectivity index (χ4n) is 4.54. The van der Waals surface area contributed by atoms with Gasteiger partial charge < -0.3 is 19.7 Å². The standard InChI is InChI=1S/C23H29N9O2/c1-5-31-20(15-9-24-13(2)25-10-15)29-18-19(26-12-27-21(18)31)28-16-8-17(23(34)30(3)4)32(11-16)22(33)14-6-7-14/h9-10,12,14,16-17H,5-8,11H2,1-4H3,(H,26,27,28)/t16?,17-/m1/s1. The zero-order valence-electron chi connectivity index (χ0n) is 19.9. The third-order valence-corrected chi connectivity index (χ3v) is 6.46. The van der Waals surface area contributed by atoms with Gasteiger partial charge in [-0.2, -0.15) is 0 Å². The van der Waals surface area contributed by atoms with Crippen LogP contribution in [0, 0.1) is 12.8 Å². The Morgan fingerprint density at radius 1 is 1.15 bits per heavy atom. The molecule has 0 bridgehead atoms. The summed E-state index contributed by atoms with van der Waals surface area (Å²) < 4.78 is 2.01. The van der Waals surface area contributed by atoms with Gasteiger partial charge in [-0.1, -0.05) is 0 Å². The molecule has 2 atom stereocenters. The molecule has 1 aliphatic carbocycles. The molecule has 11 nitrogen and oxygen atoms in total. The molecule has 0 radical (unpaired) electrons. The molecule has 2 amide bonds. The fourth-order valence-corrected chi connectivity index (χ4v) is 4.54. The number of aromatic nitrogens is 6. The predicted octanol–water partition coefficient (Wildman–Crippen LogP) is 1.49. The summed E-state index contributed by atoms with van der Waals surface area (Å²) in [4.78, 5) is 51.4. The van der Waals surface area contributed by atoms with Gasteiger partial charge in [-0.05, 0) is 33.1 Å². The smallest absolute Gasteiger partial charge is 0.244 e. The van der Waals surface area contributed by atoms with Gasteiger partial charge in [-0.15, -0.1) is 0 Å². The number of carbonyl (C=O) groups excluding carboxylic acids is 2. The zero-order chi connectivity index (χ0) is 24.0. The molecule has 34 heavy (non-hydrogen) atoms. The van der Waals surface area contributed by atoms with Crippen LogP contribution in [0.5, 0.6) is 0 Å². The number of nitrogens with one attached hydrogen (secondary N) is 1. The Morgan fingerprint density at radius 2 is 1.88 bits per heavy atom. The first-order valence-corrected chi connectivity index (χ1v) is 11.7. The van der Waals surface area contributed by atoms with Crippen LogP contribution in [0.15, 0.2) is 18.7 Å². The molecule has 3 aromatic rings. The topological polar surface area (TPSA) is 122 Å². The summed E-state index contributed by atoms with van der Waals surface area (Å²) in [5.74, 6) is 2.09. The Bertz CT molecular complexity index is 1210. The molecule has 3 aromatic heterocycles. The van der Waals surface area contributed by atoms with E-state index in [9.17, 15) is 9.59 Å². The molecule has 178 valence electrons. The van der Waals surface area contributed by atoms with Crippen LogP contribution in [-0.4, -0.2) is 83.8 Å². The summed E-state index contributed by atoms with van der Waals surface area (Å²) in [6, 6.07) is -0.584. The van der Waals surface area contributed by atoms with Crippen molar-refractivity contribution in [3.8, 4) is 11.4 Å². The van der Waals surface area contributed by atoms with Crippen molar-refractivity contribution < 1.29 is 9.59 Å². The normalized spacial score (nSPS) is 20.1. The lowest BCUT2D eigenvalue weighted by Crippen LogP contribution is -2.46. The molecular formula is C23H29N9O2. The van der Waals surface area contributed by atoms with E-state index in [4.69, 9.17) is 4.98 Å². The number of likely N-dealkylation sites (N-methyl/N-ethyl adjacent to an activating group) is 1. The van der Waals surface area contributed by atoms with Gasteiger partial charge in [0, 0.05) is 51.5 Å². The number of anilines is 1. The molecular weight excluding hydrogens is 434 g/mol. The van der Waals surface area contributed by atoms with Crippen LogP contribution in [0.2, 0.25) is 0 Å². The average molecular weight is 464 g/mol. The van der Waals surface area contributed by atoms with Crippen molar-refractivity contribution >= 4 is 28.8 Å². The van der Waals surface area contributed by atoms with E-state index >= 15 is 0 Å². The number of imidazole rings is 1. The first kappa shape index (κ1) is 22.2. The van der Waals surface area contributed by atoms with Crippen molar-refractivity contribution in [2.75, 3.05) is 26.0 Å². The molecule has 1 N–H and O–H groups in total. The Morgan fingerprint density at radius 3 is 2.53 bits per heavy atom. The average Bonchev–Trinajstić information content (AvgIpc) is 3.49. The third kappa shape index (κ3) is 3.95. The third-order valence-electron chi connectivity index (χ3n) is 6.46. The quantitative estimate of drug-likeness (QED) is 0.584. The van der Waals surface area contributed by atoms with E-state index in [0.717, 1.165) is 24.2 Å². The van der Waals surface area contributed by atoms with Crippen LogP contribution >= 0.6 is 0 Å². The van der Waals surface area contributed by atoms with Gasteiger partial charge in [0.2, 0.25) is 11.8 Å². The minimum atomic E-state index is -0.466. The largest absolute Gasteiger partial charge is 0.363 e. The molecule has 4 heterocycles. The number of rotatable bonds is 6. The van der Waals surface area contributed by atoms with Crippen LogP contribution < -0.4 is 5.32 Å². The molecule has 11 heteroatoms. The van der Waals surface area contributed by atoms with Crippen LogP contribution in [0.25, 0.3) is 22.6 Å². The fraction of sp³-hybridized carbons (Fsp3) is 0.522. The van der Waals surface area contributed by atoms with E-state index < -0.39 is 6.04 Å². The Labute approximate surface area is 197 Å². The van der Waals surface area contributed by atoms with Crippen molar-refractivity contribution in [2.24, 2.45) is 5.92 Å². The highest BCUT2D eigenvalue weighted by atomic mass is 16.2. The van der Waals surface area contributed by atoms with Gasteiger partial charge in [0.1, 0.15) is 24.0 Å². The lowest BCUT2D eigenvalue weighted by atomic mass is 10.1. The Hall–Kier alpha value is -3.63. The van der Waals surface area contributed by atoms with E-state index in [1.165, 1.54) is 6.33 Å². The highest BCUT2D eigenvalue weighted by Crippen LogP contribution is 2.35. The summed E-state index contributed by atoms with van der Waals surface area (Å²) in [6.07, 6.45) is 7.36. The van der Waals surface area contributed by atoms with Crippen LogP contribution in [0.4, 0.5) is 5.82 Å². The van der Waals surface area contributed by atoms with Crippen LogP contribution in [0.1, 0.15) is 32.0 Å². The van der Waals surface area contributed by atoms with Gasteiger partial charge in [0.25, 0.3) is 0 Å². The second-order valence-electron chi connectivity index (χ2n) is 9.18. The van der Waals surface area contributed by atoms with Gasteiger partial charge in [-0.25, -0.2) is 24.9 Å². The van der Waals surface area contributed by atoms with E-state index in [0.29, 0.717) is 42.3 Å². The number of carbonyl (C=O) groups is 2. The maximum atomic E-state index is 12.9. The highest BCUT2D eigenvalue weighted by molar-refractivity contribution is 5.90. The van der Waals surface area contributed by atoms with Crippen molar-refractivity contribution in [1.29, 1.82) is 0 Å². The van der Waals surface area contributed by atoms with E-state index in [1.54, 1.807) is 36.3 Å². The zero-order valence-corrected chi connectivity index (χ0v) is 19.9. The van der Waals surface area contributed by atoms with Crippen LogP contribution in [0.3, 0.4) is 0 Å². The number of nitrogens with zero attached hydrogens (tertiary/aromatic N) is 8. The van der Waals surface area contributed by atoms with Gasteiger partial charge >= 0.3 is 0 Å². The van der Waals surface area contributed by atoms with E-state index in [-0.39, 0.29) is 23.8 Å². The van der Waals surface area contributed by atoms with E-state index in [1.807, 2.05) is 18.4 Å². The van der Waals surface area contributed by atoms with Crippen molar-refractivity contribution in [1.82, 2.24) is 39.3 Å². The Balaban J connectivity index is 1.46. The SMILES string of the molecule is CCn1c(-c2cnc(C)nc2)nc2c(NC3C[C@H](C(=O)N(C)C)N(C(=O)C4CC4)C3)ncnc21. The summed E-state index contributed by atoms with van der Waals surface area (Å²) in [6.45, 7) is 5.00. The van der Waals surface area contributed by atoms with Crippen molar-refractivity contribution in [2.45, 2.75) is 51.7 Å². The molecule has 5 rings (SSSR count). The number of hydrogen-bond donors (Lipinski definition) is 1. The second-order valence-corrected chi connectivity index (χ2v) is 9.18. The van der Waals surface area contributed by atoms with Gasteiger partial charge in [-0.3, -0.25) is 9.59 Å². The van der Waals surface area contributed by atoms with Gasteiger partial charge in [0.15, 0.2) is 17.0 Å². The molecule has 2 fully saturated rings. The summed E-state index contributed by atoms with van der Waals surface area (Å²) in [5, 5.41) is 3.45. The van der Waals surface area contributed by atoms with Crippen LogP contribution in [-0.2, 0) is 16.1 Å². The second kappa shape index (κ2) is 8.62. The Kier molecular flexibility index (Phi) is 5.62. The summed E-state index contributed by atoms with van der Waals surface area (Å²) in [5.41, 5.74) is 2.15. The van der Waals surface area contributed by atoms with Crippen molar-refractivity contribution in [3.05, 3.63) is 24.5 Å². The maximum absolute atomic E-state index is 12.9. The minimum absolute atomic E-state index is 0.0527. The van der Waals surface area contributed by atoms with Crippen molar-refractivity contribution in [3.63, 3.8) is 0 Å². The first-order valence-electron chi connectivity index (χ1n) is 11.7. The first-order chi connectivity index (χ1) is 16.4. The molecule has 0 aromatic carbocycles. The monoisotopic (exact) mass is 463 g/mol. The number of hydrogen-bond acceptors (Lipinski definition) is 8. The lowest BCUT2D eigenvalue weighted by Gasteiger charge is -2.26. The molecule has 1 saturated heterocycles. The maximum Gasteiger partial charge on any atom is 0.244 e. The van der Waals surface area contributed by atoms with E-state index in [2.05, 4.69) is 25.3 Å². The minimum Gasteiger partial charge on any atom is -0.363 e. The number of likely N-dealkylation sites (tertiary alicyclic amines) is 1. The number of aryl methyl sites for hydroxylation is 2. The molecule has 1 unspecified atom stereocenters. The number of fused-ring (bicyclic) bond motifs is 1. The summed E-state index contributed by atoms with van der Waals surface area (Å²) >= 11 is 0. The summed E-state index contributed by atoms with van der Waals surface area (Å²) in [7, 11) is 3.45. The predicted molar refractivity (Wildman–Crippen MR) is 126 cm³/mol. The van der Waals surface area contributed by atoms with Gasteiger partial charge in [0.05, 0.1) is 5.56 Å². The molecule has 1 aliphatic heterocycles. The number of amides is 2. The molecule has 1 saturated carbocycles. The molecule has 2 aliphatic rings. The molecule has 0 spiro atoms.